The Labute approximate surface area is 218 Å². The summed E-state index contributed by atoms with van der Waals surface area (Å²) in [6, 6.07) is 3.32. The summed E-state index contributed by atoms with van der Waals surface area (Å²) in [5, 5.41) is 9.28. The molecule has 0 radical (unpaired) electrons. The first-order valence-corrected chi connectivity index (χ1v) is 13.0. The van der Waals surface area contributed by atoms with Crippen molar-refractivity contribution in [3.8, 4) is 11.3 Å². The van der Waals surface area contributed by atoms with Gasteiger partial charge in [-0.2, -0.15) is 0 Å². The third-order valence-electron chi connectivity index (χ3n) is 5.44. The molecule has 5 rings (SSSR count). The Kier molecular flexibility index (Phi) is 13.0. The van der Waals surface area contributed by atoms with Gasteiger partial charge in [0.2, 0.25) is 5.95 Å². The Morgan fingerprint density at radius 1 is 1.08 bits per heavy atom. The van der Waals surface area contributed by atoms with Gasteiger partial charge in [-0.05, 0) is 58.1 Å². The topological polar surface area (TPSA) is 108 Å². The first kappa shape index (κ1) is 29.9. The molecule has 8 nitrogen and oxygen atoms in total. The summed E-state index contributed by atoms with van der Waals surface area (Å²) in [4.78, 5) is 12.0. The van der Waals surface area contributed by atoms with Gasteiger partial charge >= 0.3 is 0 Å². The number of ether oxygens (including phenoxy) is 2. The van der Waals surface area contributed by atoms with E-state index in [9.17, 15) is 4.39 Å². The van der Waals surface area contributed by atoms with Crippen molar-refractivity contribution in [3.63, 3.8) is 0 Å². The summed E-state index contributed by atoms with van der Waals surface area (Å²) in [6.45, 7) is 11.4. The number of nitrogens with zero attached hydrogens (tertiary/aromatic N) is 4. The molecule has 3 aromatic rings. The minimum absolute atomic E-state index is 0.0901. The quantitative estimate of drug-likeness (QED) is 0.435. The highest BCUT2D eigenvalue weighted by atomic mass is 35.5. The summed E-state index contributed by atoms with van der Waals surface area (Å²) in [5.74, 6) is -0.331. The van der Waals surface area contributed by atoms with E-state index in [1.54, 1.807) is 12.4 Å². The highest BCUT2D eigenvalue weighted by Crippen LogP contribution is 2.30. The maximum Gasteiger partial charge on any atom is 0.220 e. The van der Waals surface area contributed by atoms with E-state index in [4.69, 9.17) is 31.9 Å². The van der Waals surface area contributed by atoms with Crippen molar-refractivity contribution in [2.75, 3.05) is 32.2 Å². The molecule has 0 amide bonds. The lowest BCUT2D eigenvalue weighted by Crippen LogP contribution is -2.11. The average Bonchev–Trinajstić information content (AvgIpc) is 3.54. The standard InChI is InChI=1S/C14H13ClFN5.C6H12O2.C4H8O.C2H6/c1-7(2)21-6-19-13-10(16)3-8(4-11(13)21)12-9(15)5-18-14(17)20-12;7-6-3-1-2-4-8-5-6;1-2-4-5-3-1;1-2/h3-7H,1-2H3,(H2,17,18,20);6-7H,1-5H2;1-4H2;1-2H3. The van der Waals surface area contributed by atoms with E-state index in [-0.39, 0.29) is 18.1 Å². The number of hydrogen-bond donors (Lipinski definition) is 2. The number of rotatable bonds is 2. The number of aromatic nitrogens is 4. The van der Waals surface area contributed by atoms with Gasteiger partial charge in [0.15, 0.2) is 5.82 Å². The molecule has 1 aromatic carbocycles. The fourth-order valence-electron chi connectivity index (χ4n) is 3.62. The molecule has 36 heavy (non-hydrogen) atoms. The van der Waals surface area contributed by atoms with Crippen molar-refractivity contribution < 1.29 is 19.0 Å². The van der Waals surface area contributed by atoms with Crippen molar-refractivity contribution in [1.82, 2.24) is 19.5 Å². The minimum atomic E-state index is -0.421. The summed E-state index contributed by atoms with van der Waals surface area (Å²) in [7, 11) is 0. The number of imidazole rings is 1. The van der Waals surface area contributed by atoms with Gasteiger partial charge in [-0.25, -0.2) is 19.3 Å². The van der Waals surface area contributed by atoms with Crippen molar-refractivity contribution in [2.45, 2.75) is 71.9 Å². The predicted molar refractivity (Wildman–Crippen MR) is 143 cm³/mol. The molecule has 2 aromatic heterocycles. The fourth-order valence-corrected chi connectivity index (χ4v) is 3.82. The van der Waals surface area contributed by atoms with Crippen LogP contribution in [0.5, 0.6) is 0 Å². The number of aliphatic hydroxyl groups excluding tert-OH is 1. The number of benzene rings is 1. The number of anilines is 1. The van der Waals surface area contributed by atoms with Crippen LogP contribution in [0.2, 0.25) is 5.02 Å². The van der Waals surface area contributed by atoms with Crippen molar-refractivity contribution in [2.24, 2.45) is 0 Å². The van der Waals surface area contributed by atoms with Crippen LogP contribution in [0, 0.1) is 5.82 Å². The maximum atomic E-state index is 14.2. The number of fused-ring (bicyclic) bond motifs is 1. The third kappa shape index (κ3) is 8.96. The van der Waals surface area contributed by atoms with Gasteiger partial charge in [0.1, 0.15) is 5.52 Å². The van der Waals surface area contributed by atoms with Gasteiger partial charge in [-0.15, -0.1) is 0 Å². The molecule has 0 aliphatic carbocycles. The number of nitrogen functional groups attached to an aromatic ring is 1. The zero-order valence-corrected chi connectivity index (χ0v) is 22.5. The van der Waals surface area contributed by atoms with Crippen molar-refractivity contribution >= 4 is 28.6 Å². The normalized spacial score (nSPS) is 17.3. The van der Waals surface area contributed by atoms with Crippen molar-refractivity contribution in [1.29, 1.82) is 0 Å². The largest absolute Gasteiger partial charge is 0.391 e. The van der Waals surface area contributed by atoms with Gasteiger partial charge < -0.3 is 24.9 Å². The second kappa shape index (κ2) is 15.7. The Morgan fingerprint density at radius 2 is 1.75 bits per heavy atom. The number of nitrogens with two attached hydrogens (primary N) is 1. The smallest absolute Gasteiger partial charge is 0.220 e. The molecule has 4 heterocycles. The molecular weight excluding hydrogens is 485 g/mol. The van der Waals surface area contributed by atoms with E-state index >= 15 is 0 Å². The Hall–Kier alpha value is -2.33. The van der Waals surface area contributed by atoms with Crippen LogP contribution in [-0.2, 0) is 9.47 Å². The molecule has 200 valence electrons. The lowest BCUT2D eigenvalue weighted by Gasteiger charge is -2.10. The van der Waals surface area contributed by atoms with E-state index in [0.29, 0.717) is 33.9 Å². The fraction of sp³-hybridized carbons (Fsp3) is 0.577. The van der Waals surface area contributed by atoms with E-state index in [1.807, 2.05) is 32.3 Å². The molecule has 0 saturated carbocycles. The molecule has 0 spiro atoms. The van der Waals surface area contributed by atoms with E-state index in [0.717, 1.165) is 39.1 Å². The lowest BCUT2D eigenvalue weighted by molar-refractivity contribution is 0.0512. The summed E-state index contributed by atoms with van der Waals surface area (Å²) >= 11 is 6.09. The lowest BCUT2D eigenvalue weighted by atomic mass is 10.1. The first-order chi connectivity index (χ1) is 17.4. The van der Waals surface area contributed by atoms with Crippen LogP contribution >= 0.6 is 11.6 Å². The molecule has 1 unspecified atom stereocenters. The van der Waals surface area contributed by atoms with Crippen LogP contribution in [0.3, 0.4) is 0 Å². The molecule has 2 fully saturated rings. The number of hydrogen-bond acceptors (Lipinski definition) is 7. The van der Waals surface area contributed by atoms with Crippen LogP contribution < -0.4 is 5.73 Å². The highest BCUT2D eigenvalue weighted by Gasteiger charge is 2.15. The summed E-state index contributed by atoms with van der Waals surface area (Å²) in [5.41, 5.74) is 7.54. The Balaban J connectivity index is 0.000000248. The van der Waals surface area contributed by atoms with Crippen LogP contribution in [0.25, 0.3) is 22.3 Å². The predicted octanol–water partition coefficient (Wildman–Crippen LogP) is 5.82. The highest BCUT2D eigenvalue weighted by molar-refractivity contribution is 6.33. The van der Waals surface area contributed by atoms with Gasteiger partial charge in [-0.3, -0.25) is 0 Å². The van der Waals surface area contributed by atoms with Gasteiger partial charge in [0.05, 0.1) is 41.5 Å². The van der Waals surface area contributed by atoms with Gasteiger partial charge in [0.25, 0.3) is 0 Å². The number of halogens is 2. The first-order valence-electron chi connectivity index (χ1n) is 12.6. The second-order valence-electron chi connectivity index (χ2n) is 8.54. The molecule has 0 bridgehead atoms. The van der Waals surface area contributed by atoms with Crippen molar-refractivity contribution in [3.05, 3.63) is 35.5 Å². The summed E-state index contributed by atoms with van der Waals surface area (Å²) < 4.78 is 26.1. The van der Waals surface area contributed by atoms with E-state index < -0.39 is 5.82 Å². The molecule has 2 aliphatic rings. The number of aliphatic hydroxyl groups is 1. The molecular formula is C26H39ClFN5O3. The third-order valence-corrected chi connectivity index (χ3v) is 5.72. The van der Waals surface area contributed by atoms with Crippen LogP contribution in [0.15, 0.2) is 24.7 Å². The zero-order valence-electron chi connectivity index (χ0n) is 21.7. The Morgan fingerprint density at radius 3 is 2.39 bits per heavy atom. The monoisotopic (exact) mass is 523 g/mol. The van der Waals surface area contributed by atoms with Gasteiger partial charge in [0, 0.05) is 31.4 Å². The molecule has 3 N–H and O–H groups in total. The second-order valence-corrected chi connectivity index (χ2v) is 8.95. The molecule has 10 heteroatoms. The van der Waals surface area contributed by atoms with Crippen LogP contribution in [-0.4, -0.2) is 57.2 Å². The van der Waals surface area contributed by atoms with Crippen LogP contribution in [0.4, 0.5) is 10.3 Å². The maximum absolute atomic E-state index is 14.2. The minimum Gasteiger partial charge on any atom is -0.391 e. The van der Waals surface area contributed by atoms with Crippen LogP contribution in [0.1, 0.15) is 65.8 Å². The summed E-state index contributed by atoms with van der Waals surface area (Å²) in [6.07, 6.45) is 8.52. The zero-order chi connectivity index (χ0) is 26.5. The molecule has 2 aliphatic heterocycles. The molecule has 1 atom stereocenters. The van der Waals surface area contributed by atoms with Gasteiger partial charge in [-0.1, -0.05) is 25.4 Å². The molecule has 2 saturated heterocycles. The van der Waals surface area contributed by atoms with E-state index in [2.05, 4.69) is 15.0 Å². The average molecular weight is 524 g/mol. The SMILES string of the molecule is C1CCOC1.CC.CC(C)n1cnc2c(F)cc(-c3nc(N)ncc3Cl)cc21.OC1CCCCOC1. The Bertz CT molecular complexity index is 1040. The van der Waals surface area contributed by atoms with E-state index in [1.165, 1.54) is 25.1 Å².